The van der Waals surface area contributed by atoms with Gasteiger partial charge in [-0.2, -0.15) is 0 Å². The maximum Gasteiger partial charge on any atom is 0.306 e. The Morgan fingerprint density at radius 3 is 2.74 bits per heavy atom. The van der Waals surface area contributed by atoms with Gasteiger partial charge in [-0.1, -0.05) is 6.07 Å². The monoisotopic (exact) mass is 324 g/mol. The zero-order valence-electron chi connectivity index (χ0n) is 12.8. The van der Waals surface area contributed by atoms with E-state index in [4.69, 9.17) is 9.84 Å². The largest absolute Gasteiger partial charge is 0.492 e. The van der Waals surface area contributed by atoms with E-state index in [2.05, 4.69) is 5.32 Å². The number of nitrogens with zero attached hydrogens (tertiary/aromatic N) is 1. The van der Waals surface area contributed by atoms with Crippen LogP contribution in [0.4, 0.5) is 4.39 Å². The Kier molecular flexibility index (Phi) is 6.34. The van der Waals surface area contributed by atoms with Crippen LogP contribution >= 0.6 is 0 Å². The molecule has 0 spiro atoms. The molecule has 0 aromatic heterocycles. The van der Waals surface area contributed by atoms with Crippen LogP contribution in [0.1, 0.15) is 12.8 Å². The van der Waals surface area contributed by atoms with E-state index in [1.54, 1.807) is 12.1 Å². The van der Waals surface area contributed by atoms with Gasteiger partial charge in [-0.3, -0.25) is 14.5 Å². The molecule has 1 saturated heterocycles. The maximum atomic E-state index is 13.0. The number of hydrogen-bond donors (Lipinski definition) is 2. The van der Waals surface area contributed by atoms with Crippen LogP contribution in [0, 0.1) is 11.7 Å². The summed E-state index contributed by atoms with van der Waals surface area (Å²) in [5.41, 5.74) is 0. The normalized spacial score (nSPS) is 16.0. The van der Waals surface area contributed by atoms with E-state index in [-0.39, 0.29) is 30.8 Å². The minimum Gasteiger partial charge on any atom is -0.492 e. The summed E-state index contributed by atoms with van der Waals surface area (Å²) in [5.74, 6) is -1.12. The van der Waals surface area contributed by atoms with E-state index in [1.165, 1.54) is 12.1 Å². The van der Waals surface area contributed by atoms with E-state index < -0.39 is 5.97 Å². The van der Waals surface area contributed by atoms with Crippen molar-refractivity contribution < 1.29 is 23.8 Å². The highest BCUT2D eigenvalue weighted by Gasteiger charge is 2.25. The average molecular weight is 324 g/mol. The van der Waals surface area contributed by atoms with Crippen molar-refractivity contribution in [1.82, 2.24) is 10.2 Å². The molecule has 1 aromatic rings. The fraction of sp³-hybridized carbons (Fsp3) is 0.500. The van der Waals surface area contributed by atoms with Crippen LogP contribution < -0.4 is 10.1 Å². The van der Waals surface area contributed by atoms with Gasteiger partial charge in [-0.05, 0) is 38.1 Å². The van der Waals surface area contributed by atoms with E-state index in [1.807, 2.05) is 4.90 Å². The number of carboxylic acid groups (broad SMARTS) is 1. The highest BCUT2D eigenvalue weighted by atomic mass is 19.1. The number of benzene rings is 1. The van der Waals surface area contributed by atoms with E-state index in [0.717, 1.165) is 0 Å². The predicted octanol–water partition coefficient (Wildman–Crippen LogP) is 1.12. The molecule has 0 aliphatic carbocycles. The number of carbonyl (C=O) groups is 2. The van der Waals surface area contributed by atoms with Crippen molar-refractivity contribution in [2.45, 2.75) is 12.8 Å². The molecule has 0 radical (unpaired) electrons. The molecule has 2 rings (SSSR count). The minimum atomic E-state index is -0.761. The topological polar surface area (TPSA) is 78.9 Å². The third-order valence-electron chi connectivity index (χ3n) is 3.79. The molecule has 1 aromatic carbocycles. The second kappa shape index (κ2) is 8.47. The summed E-state index contributed by atoms with van der Waals surface area (Å²) in [7, 11) is 0. The molecule has 0 bridgehead atoms. The number of hydrogen-bond acceptors (Lipinski definition) is 4. The predicted molar refractivity (Wildman–Crippen MR) is 81.7 cm³/mol. The summed E-state index contributed by atoms with van der Waals surface area (Å²) in [5, 5.41) is 11.7. The molecule has 0 saturated carbocycles. The number of carboxylic acids is 1. The maximum absolute atomic E-state index is 13.0. The first-order valence-electron chi connectivity index (χ1n) is 7.65. The number of halogens is 1. The average Bonchev–Trinajstić information content (AvgIpc) is 2.52. The van der Waals surface area contributed by atoms with Gasteiger partial charge in [0.25, 0.3) is 0 Å². The standard InChI is InChI=1S/C16H21FN2O4/c17-13-2-1-3-14(10-13)23-9-6-18-15(20)11-19-7-4-12(5-8-19)16(21)22/h1-3,10,12H,4-9,11H2,(H,18,20)(H,21,22). The van der Waals surface area contributed by atoms with Gasteiger partial charge in [-0.25, -0.2) is 4.39 Å². The van der Waals surface area contributed by atoms with Crippen molar-refractivity contribution >= 4 is 11.9 Å². The summed E-state index contributed by atoms with van der Waals surface area (Å²) < 4.78 is 18.3. The lowest BCUT2D eigenvalue weighted by atomic mass is 9.97. The van der Waals surface area contributed by atoms with E-state index in [9.17, 15) is 14.0 Å². The van der Waals surface area contributed by atoms with E-state index >= 15 is 0 Å². The lowest BCUT2D eigenvalue weighted by Gasteiger charge is -2.29. The molecule has 1 fully saturated rings. The van der Waals surface area contributed by atoms with Crippen molar-refractivity contribution in [3.05, 3.63) is 30.1 Å². The van der Waals surface area contributed by atoms with Gasteiger partial charge in [0, 0.05) is 6.07 Å². The molecule has 0 unspecified atom stereocenters. The molecular weight excluding hydrogens is 303 g/mol. The summed E-state index contributed by atoms with van der Waals surface area (Å²) in [6.07, 6.45) is 1.15. The number of ether oxygens (including phenoxy) is 1. The summed E-state index contributed by atoms with van der Waals surface area (Å²) in [4.78, 5) is 24.6. The van der Waals surface area contributed by atoms with Gasteiger partial charge in [0.05, 0.1) is 19.0 Å². The molecule has 1 aliphatic rings. The number of piperidine rings is 1. The number of carbonyl (C=O) groups excluding carboxylic acids is 1. The first-order chi connectivity index (χ1) is 11.0. The second-order valence-electron chi connectivity index (χ2n) is 5.54. The Labute approximate surface area is 134 Å². The van der Waals surface area contributed by atoms with Crippen molar-refractivity contribution in [1.29, 1.82) is 0 Å². The van der Waals surface area contributed by atoms with Crippen LogP contribution in [0.3, 0.4) is 0 Å². The van der Waals surface area contributed by atoms with E-state index in [0.29, 0.717) is 38.2 Å². The van der Waals surface area contributed by atoms with Crippen LogP contribution in [-0.2, 0) is 9.59 Å². The Balaban J connectivity index is 1.59. The summed E-state index contributed by atoms with van der Waals surface area (Å²) in [6.45, 7) is 2.08. The molecule has 2 N–H and O–H groups in total. The highest BCUT2D eigenvalue weighted by Crippen LogP contribution is 2.16. The molecule has 1 amide bonds. The lowest BCUT2D eigenvalue weighted by Crippen LogP contribution is -2.43. The number of likely N-dealkylation sites (tertiary alicyclic amines) is 1. The number of nitrogens with one attached hydrogen (secondary N) is 1. The van der Waals surface area contributed by atoms with Crippen LogP contribution in [0.15, 0.2) is 24.3 Å². The van der Waals surface area contributed by atoms with Crippen molar-refractivity contribution in [3.8, 4) is 5.75 Å². The van der Waals surface area contributed by atoms with Crippen molar-refractivity contribution in [2.24, 2.45) is 5.92 Å². The molecule has 1 heterocycles. The molecule has 6 nitrogen and oxygen atoms in total. The zero-order valence-corrected chi connectivity index (χ0v) is 12.8. The highest BCUT2D eigenvalue weighted by molar-refractivity contribution is 5.78. The molecule has 0 atom stereocenters. The third-order valence-corrected chi connectivity index (χ3v) is 3.79. The summed E-state index contributed by atoms with van der Waals surface area (Å²) in [6, 6.07) is 5.83. The number of aliphatic carboxylic acids is 1. The molecule has 1 aliphatic heterocycles. The van der Waals surface area contributed by atoms with Gasteiger partial charge in [0.2, 0.25) is 5.91 Å². The van der Waals surface area contributed by atoms with Crippen LogP contribution in [0.2, 0.25) is 0 Å². The Bertz CT molecular complexity index is 545. The SMILES string of the molecule is O=C(CN1CCC(C(=O)O)CC1)NCCOc1cccc(F)c1. The van der Waals surface area contributed by atoms with Gasteiger partial charge < -0.3 is 15.2 Å². The third kappa shape index (κ3) is 5.86. The zero-order chi connectivity index (χ0) is 16.7. The number of amides is 1. The van der Waals surface area contributed by atoms with Gasteiger partial charge in [0.1, 0.15) is 18.2 Å². The van der Waals surface area contributed by atoms with Gasteiger partial charge >= 0.3 is 5.97 Å². The quantitative estimate of drug-likeness (QED) is 0.735. The molecule has 7 heteroatoms. The van der Waals surface area contributed by atoms with Crippen LogP contribution in [0.5, 0.6) is 5.75 Å². The molecule has 23 heavy (non-hydrogen) atoms. The minimum absolute atomic E-state index is 0.124. The van der Waals surface area contributed by atoms with Crippen LogP contribution in [-0.4, -0.2) is 54.7 Å². The van der Waals surface area contributed by atoms with Crippen molar-refractivity contribution in [2.75, 3.05) is 32.8 Å². The Morgan fingerprint density at radius 2 is 2.09 bits per heavy atom. The smallest absolute Gasteiger partial charge is 0.306 e. The van der Waals surface area contributed by atoms with Gasteiger partial charge in [-0.15, -0.1) is 0 Å². The fourth-order valence-electron chi connectivity index (χ4n) is 2.51. The molecular formula is C16H21FN2O4. The van der Waals surface area contributed by atoms with Crippen LogP contribution in [0.25, 0.3) is 0 Å². The first kappa shape index (κ1) is 17.2. The molecule has 126 valence electrons. The lowest BCUT2D eigenvalue weighted by molar-refractivity contribution is -0.143. The Hall–Kier alpha value is -2.15. The number of rotatable bonds is 7. The summed E-state index contributed by atoms with van der Waals surface area (Å²) >= 11 is 0. The fourth-order valence-corrected chi connectivity index (χ4v) is 2.51. The van der Waals surface area contributed by atoms with Gasteiger partial charge in [0.15, 0.2) is 0 Å². The first-order valence-corrected chi connectivity index (χ1v) is 7.65. The Morgan fingerprint density at radius 1 is 1.35 bits per heavy atom. The second-order valence-corrected chi connectivity index (χ2v) is 5.54. The van der Waals surface area contributed by atoms with Crippen molar-refractivity contribution in [3.63, 3.8) is 0 Å².